The highest BCUT2D eigenvalue weighted by molar-refractivity contribution is 5.81. The number of nitrogens with one attached hydrogen (secondary N) is 2. The Morgan fingerprint density at radius 3 is 2.42 bits per heavy atom. The molecule has 0 heterocycles. The predicted molar refractivity (Wildman–Crippen MR) is 80.3 cm³/mol. The SMILES string of the molecule is CCN(CC)CCNC(C)C(=O)NC1CCCCC1. The number of carbonyl (C=O) groups excluding carboxylic acids is 1. The number of amides is 1. The Balaban J connectivity index is 2.17. The smallest absolute Gasteiger partial charge is 0.237 e. The average molecular weight is 269 g/mol. The first-order valence-corrected chi connectivity index (χ1v) is 7.93. The molecular formula is C15H31N3O. The molecule has 4 nitrogen and oxygen atoms in total. The zero-order valence-corrected chi connectivity index (χ0v) is 12.9. The van der Waals surface area contributed by atoms with Crippen LogP contribution in [-0.4, -0.2) is 49.1 Å². The largest absolute Gasteiger partial charge is 0.352 e. The lowest BCUT2D eigenvalue weighted by Gasteiger charge is -2.25. The fourth-order valence-electron chi connectivity index (χ4n) is 2.64. The Morgan fingerprint density at radius 1 is 1.21 bits per heavy atom. The highest BCUT2D eigenvalue weighted by Gasteiger charge is 2.19. The van der Waals surface area contributed by atoms with Crippen molar-refractivity contribution in [3.63, 3.8) is 0 Å². The minimum Gasteiger partial charge on any atom is -0.352 e. The van der Waals surface area contributed by atoms with Crippen LogP contribution in [0.15, 0.2) is 0 Å². The van der Waals surface area contributed by atoms with E-state index < -0.39 is 0 Å². The molecule has 0 aromatic carbocycles. The van der Waals surface area contributed by atoms with Crippen molar-refractivity contribution < 1.29 is 4.79 Å². The van der Waals surface area contributed by atoms with E-state index in [0.29, 0.717) is 6.04 Å². The molecule has 1 aliphatic rings. The lowest BCUT2D eigenvalue weighted by Crippen LogP contribution is -2.48. The van der Waals surface area contributed by atoms with E-state index in [1.54, 1.807) is 0 Å². The lowest BCUT2D eigenvalue weighted by molar-refractivity contribution is -0.123. The summed E-state index contributed by atoms with van der Waals surface area (Å²) in [6.45, 7) is 10.3. The fraction of sp³-hybridized carbons (Fsp3) is 0.933. The fourth-order valence-corrected chi connectivity index (χ4v) is 2.64. The minimum absolute atomic E-state index is 0.0857. The zero-order valence-electron chi connectivity index (χ0n) is 12.9. The first kappa shape index (κ1) is 16.4. The van der Waals surface area contributed by atoms with Crippen LogP contribution in [0.25, 0.3) is 0 Å². The third-order valence-electron chi connectivity index (χ3n) is 4.12. The van der Waals surface area contributed by atoms with Crippen molar-refractivity contribution in [1.82, 2.24) is 15.5 Å². The summed E-state index contributed by atoms with van der Waals surface area (Å²) in [4.78, 5) is 14.4. The summed E-state index contributed by atoms with van der Waals surface area (Å²) >= 11 is 0. The molecule has 0 bridgehead atoms. The Hall–Kier alpha value is -0.610. The van der Waals surface area contributed by atoms with Gasteiger partial charge in [-0.15, -0.1) is 0 Å². The van der Waals surface area contributed by atoms with Crippen molar-refractivity contribution in [2.45, 2.75) is 65.0 Å². The van der Waals surface area contributed by atoms with Gasteiger partial charge in [-0.1, -0.05) is 33.1 Å². The second-order valence-corrected chi connectivity index (χ2v) is 5.55. The van der Waals surface area contributed by atoms with E-state index in [1.165, 1.54) is 19.3 Å². The van der Waals surface area contributed by atoms with Gasteiger partial charge >= 0.3 is 0 Å². The molecule has 2 N–H and O–H groups in total. The third-order valence-corrected chi connectivity index (χ3v) is 4.12. The standard InChI is InChI=1S/C15H31N3O/c1-4-18(5-2)12-11-16-13(3)15(19)17-14-9-7-6-8-10-14/h13-14,16H,4-12H2,1-3H3,(H,17,19). The first-order chi connectivity index (χ1) is 9.17. The molecule has 1 saturated carbocycles. The number of hydrogen-bond acceptors (Lipinski definition) is 3. The number of hydrogen-bond donors (Lipinski definition) is 2. The normalized spacial score (nSPS) is 18.5. The maximum Gasteiger partial charge on any atom is 0.237 e. The van der Waals surface area contributed by atoms with Crippen molar-refractivity contribution >= 4 is 5.91 Å². The van der Waals surface area contributed by atoms with Gasteiger partial charge in [0.25, 0.3) is 0 Å². The van der Waals surface area contributed by atoms with Crippen LogP contribution in [0.5, 0.6) is 0 Å². The van der Waals surface area contributed by atoms with Crippen LogP contribution >= 0.6 is 0 Å². The molecule has 0 aliphatic heterocycles. The van der Waals surface area contributed by atoms with Crippen molar-refractivity contribution in [2.75, 3.05) is 26.2 Å². The molecule has 19 heavy (non-hydrogen) atoms. The van der Waals surface area contributed by atoms with E-state index in [9.17, 15) is 4.79 Å². The minimum atomic E-state index is -0.0857. The maximum atomic E-state index is 12.0. The van der Waals surface area contributed by atoms with Crippen molar-refractivity contribution in [1.29, 1.82) is 0 Å². The second kappa shape index (κ2) is 9.32. The summed E-state index contributed by atoms with van der Waals surface area (Å²) in [6, 6.07) is 0.325. The molecular weight excluding hydrogens is 238 g/mol. The number of carbonyl (C=O) groups is 1. The van der Waals surface area contributed by atoms with Crippen molar-refractivity contribution in [3.05, 3.63) is 0 Å². The Bertz CT molecular complexity index is 248. The highest BCUT2D eigenvalue weighted by atomic mass is 16.2. The van der Waals surface area contributed by atoms with Gasteiger partial charge in [0.15, 0.2) is 0 Å². The molecule has 0 saturated heterocycles. The summed E-state index contributed by atoms with van der Waals surface area (Å²) in [5, 5.41) is 6.49. The van der Waals surface area contributed by atoms with Crippen LogP contribution in [-0.2, 0) is 4.79 Å². The Labute approximate surface area is 118 Å². The van der Waals surface area contributed by atoms with Gasteiger partial charge in [0.1, 0.15) is 0 Å². The molecule has 1 amide bonds. The summed E-state index contributed by atoms with van der Waals surface area (Å²) in [5.41, 5.74) is 0. The van der Waals surface area contributed by atoms with Crippen molar-refractivity contribution in [2.24, 2.45) is 0 Å². The second-order valence-electron chi connectivity index (χ2n) is 5.55. The molecule has 112 valence electrons. The van der Waals surface area contributed by atoms with E-state index in [-0.39, 0.29) is 11.9 Å². The molecule has 0 spiro atoms. The first-order valence-electron chi connectivity index (χ1n) is 7.93. The van der Waals surface area contributed by atoms with Crippen LogP contribution in [0.1, 0.15) is 52.9 Å². The van der Waals surface area contributed by atoms with Gasteiger partial charge < -0.3 is 15.5 Å². The van der Waals surface area contributed by atoms with Gasteiger partial charge in [-0.25, -0.2) is 0 Å². The highest BCUT2D eigenvalue weighted by Crippen LogP contribution is 2.17. The maximum absolute atomic E-state index is 12.0. The topological polar surface area (TPSA) is 44.4 Å². The van der Waals surface area contributed by atoms with Crippen LogP contribution in [0.2, 0.25) is 0 Å². The lowest BCUT2D eigenvalue weighted by atomic mass is 9.95. The van der Waals surface area contributed by atoms with Gasteiger partial charge in [0, 0.05) is 19.1 Å². The van der Waals surface area contributed by atoms with E-state index >= 15 is 0 Å². The molecule has 1 fully saturated rings. The number of nitrogens with zero attached hydrogens (tertiary/aromatic N) is 1. The van der Waals surface area contributed by atoms with E-state index in [0.717, 1.165) is 39.0 Å². The quantitative estimate of drug-likeness (QED) is 0.706. The molecule has 0 radical (unpaired) electrons. The van der Waals surface area contributed by atoms with Gasteiger partial charge in [0.2, 0.25) is 5.91 Å². The van der Waals surface area contributed by atoms with Crippen LogP contribution in [0.4, 0.5) is 0 Å². The van der Waals surface area contributed by atoms with Crippen LogP contribution < -0.4 is 10.6 Å². The Kier molecular flexibility index (Phi) is 8.07. The number of rotatable bonds is 8. The van der Waals surface area contributed by atoms with Crippen LogP contribution in [0.3, 0.4) is 0 Å². The monoisotopic (exact) mass is 269 g/mol. The van der Waals surface area contributed by atoms with Gasteiger partial charge in [-0.05, 0) is 32.9 Å². The summed E-state index contributed by atoms with van der Waals surface area (Å²) in [6.07, 6.45) is 6.14. The molecule has 0 aromatic heterocycles. The van der Waals surface area contributed by atoms with E-state index in [1.807, 2.05) is 6.92 Å². The molecule has 0 aromatic rings. The third kappa shape index (κ3) is 6.39. The molecule has 4 heteroatoms. The molecule has 1 atom stereocenters. The summed E-state index contributed by atoms with van der Waals surface area (Å²) < 4.78 is 0. The number of likely N-dealkylation sites (N-methyl/N-ethyl adjacent to an activating group) is 1. The zero-order chi connectivity index (χ0) is 14.1. The van der Waals surface area contributed by atoms with E-state index in [2.05, 4.69) is 29.4 Å². The van der Waals surface area contributed by atoms with Gasteiger partial charge in [-0.2, -0.15) is 0 Å². The predicted octanol–water partition coefficient (Wildman–Crippen LogP) is 1.76. The molecule has 1 rings (SSSR count). The molecule has 1 aliphatic carbocycles. The Morgan fingerprint density at radius 2 is 1.84 bits per heavy atom. The van der Waals surface area contributed by atoms with E-state index in [4.69, 9.17) is 0 Å². The van der Waals surface area contributed by atoms with Gasteiger partial charge in [-0.3, -0.25) is 4.79 Å². The van der Waals surface area contributed by atoms with Gasteiger partial charge in [0.05, 0.1) is 6.04 Å². The molecule has 1 unspecified atom stereocenters. The summed E-state index contributed by atoms with van der Waals surface area (Å²) in [7, 11) is 0. The van der Waals surface area contributed by atoms with Crippen LogP contribution in [0, 0.1) is 0 Å². The van der Waals surface area contributed by atoms with Crippen molar-refractivity contribution in [3.8, 4) is 0 Å². The average Bonchev–Trinajstić information content (AvgIpc) is 2.44. The summed E-state index contributed by atoms with van der Waals surface area (Å²) in [5.74, 6) is 0.159.